The van der Waals surface area contributed by atoms with Gasteiger partial charge in [-0.2, -0.15) is 0 Å². The van der Waals surface area contributed by atoms with E-state index in [1.54, 1.807) is 0 Å². The Balaban J connectivity index is 2.76. The lowest BCUT2D eigenvalue weighted by atomic mass is 10.2. The first kappa shape index (κ1) is 13.2. The molecule has 1 amide bonds. The highest BCUT2D eigenvalue weighted by molar-refractivity contribution is 9.10. The van der Waals surface area contributed by atoms with Gasteiger partial charge < -0.3 is 15.8 Å². The Bertz CT molecular complexity index is 378. The summed E-state index contributed by atoms with van der Waals surface area (Å²) in [6.07, 6.45) is -0.617. The monoisotopic (exact) mass is 286 g/mol. The first-order valence-corrected chi connectivity index (χ1v) is 5.67. The Morgan fingerprint density at radius 1 is 1.62 bits per heavy atom. The number of methoxy groups -OCH3 is 1. The number of rotatable bonds is 4. The molecule has 0 aliphatic rings. The topological polar surface area (TPSA) is 64.3 Å². The maximum atomic E-state index is 11.7. The largest absolute Gasteiger partial charge is 0.370 e. The van der Waals surface area contributed by atoms with Crippen molar-refractivity contribution in [3.05, 3.63) is 28.2 Å². The molecule has 4 nitrogen and oxygen atoms in total. The number of anilines is 1. The summed E-state index contributed by atoms with van der Waals surface area (Å²) in [5, 5.41) is 2.75. The van der Waals surface area contributed by atoms with Crippen molar-refractivity contribution in [2.45, 2.75) is 13.0 Å². The van der Waals surface area contributed by atoms with Gasteiger partial charge in [0.05, 0.1) is 5.69 Å². The number of carbonyl (C=O) groups is 1. The summed E-state index contributed by atoms with van der Waals surface area (Å²) >= 11 is 3.38. The van der Waals surface area contributed by atoms with Crippen molar-refractivity contribution in [3.63, 3.8) is 0 Å². The maximum Gasteiger partial charge on any atom is 0.254 e. The van der Waals surface area contributed by atoms with E-state index in [2.05, 4.69) is 21.2 Å². The zero-order valence-corrected chi connectivity index (χ0v) is 10.9. The van der Waals surface area contributed by atoms with Crippen molar-refractivity contribution >= 4 is 27.5 Å². The lowest BCUT2D eigenvalue weighted by Gasteiger charge is -2.14. The van der Waals surface area contributed by atoms with Crippen LogP contribution in [0.25, 0.3) is 0 Å². The third-order valence-corrected chi connectivity index (χ3v) is 2.83. The quantitative estimate of drug-likeness (QED) is 0.885. The smallest absolute Gasteiger partial charge is 0.254 e. The molecule has 5 heteroatoms. The van der Waals surface area contributed by atoms with Crippen LogP contribution in [0.5, 0.6) is 0 Å². The predicted molar refractivity (Wildman–Crippen MR) is 67.4 cm³/mol. The fourth-order valence-electron chi connectivity index (χ4n) is 1.25. The number of hydrogen-bond acceptors (Lipinski definition) is 3. The molecule has 1 aromatic rings. The molecule has 1 rings (SSSR count). The van der Waals surface area contributed by atoms with Crippen LogP contribution in [0.4, 0.5) is 5.69 Å². The van der Waals surface area contributed by atoms with Crippen molar-refractivity contribution in [1.29, 1.82) is 0 Å². The highest BCUT2D eigenvalue weighted by Gasteiger charge is 2.16. The van der Waals surface area contributed by atoms with Crippen LogP contribution in [0.15, 0.2) is 22.7 Å². The second-order valence-electron chi connectivity index (χ2n) is 3.43. The minimum Gasteiger partial charge on any atom is -0.370 e. The number of halogens is 1. The fraction of sp³-hybridized carbons (Fsp3) is 0.364. The lowest BCUT2D eigenvalue weighted by Crippen LogP contribution is -2.35. The number of nitrogens with two attached hydrogens (primary N) is 1. The zero-order chi connectivity index (χ0) is 12.1. The van der Waals surface area contributed by atoms with Gasteiger partial charge in [0.1, 0.15) is 6.10 Å². The van der Waals surface area contributed by atoms with Crippen molar-refractivity contribution in [1.82, 2.24) is 0 Å². The van der Waals surface area contributed by atoms with E-state index in [1.165, 1.54) is 7.11 Å². The molecule has 3 N–H and O–H groups in total. The predicted octanol–water partition coefficient (Wildman–Crippen LogP) is 1.67. The van der Waals surface area contributed by atoms with E-state index in [-0.39, 0.29) is 12.5 Å². The third-order valence-electron chi connectivity index (χ3n) is 2.17. The first-order valence-electron chi connectivity index (χ1n) is 4.88. The SMILES string of the molecule is COC(CN)C(=O)Nc1ccc(C)cc1Br. The van der Waals surface area contributed by atoms with Crippen LogP contribution in [0, 0.1) is 6.92 Å². The summed E-state index contributed by atoms with van der Waals surface area (Å²) in [5.74, 6) is -0.241. The maximum absolute atomic E-state index is 11.7. The van der Waals surface area contributed by atoms with Crippen molar-refractivity contribution in [2.24, 2.45) is 5.73 Å². The second kappa shape index (κ2) is 5.98. The van der Waals surface area contributed by atoms with Gasteiger partial charge in [-0.05, 0) is 40.5 Å². The lowest BCUT2D eigenvalue weighted by molar-refractivity contribution is -0.125. The molecule has 0 radical (unpaired) electrons. The molecular weight excluding hydrogens is 272 g/mol. The third kappa shape index (κ3) is 3.30. The van der Waals surface area contributed by atoms with Crippen LogP contribution in [-0.2, 0) is 9.53 Å². The first-order chi connectivity index (χ1) is 7.58. The van der Waals surface area contributed by atoms with Crippen LogP contribution in [-0.4, -0.2) is 25.7 Å². The van der Waals surface area contributed by atoms with E-state index in [0.717, 1.165) is 10.0 Å². The molecule has 16 heavy (non-hydrogen) atoms. The summed E-state index contributed by atoms with van der Waals surface area (Å²) in [7, 11) is 1.46. The molecule has 0 aliphatic heterocycles. The Morgan fingerprint density at radius 2 is 2.31 bits per heavy atom. The minimum absolute atomic E-state index is 0.159. The molecule has 0 aliphatic carbocycles. The van der Waals surface area contributed by atoms with Crippen LogP contribution in [0.2, 0.25) is 0 Å². The number of amides is 1. The number of benzene rings is 1. The van der Waals surface area contributed by atoms with E-state index >= 15 is 0 Å². The Hall–Kier alpha value is -0.910. The molecule has 0 fully saturated rings. The normalized spacial score (nSPS) is 12.2. The number of hydrogen-bond donors (Lipinski definition) is 2. The highest BCUT2D eigenvalue weighted by atomic mass is 79.9. The number of carbonyl (C=O) groups excluding carboxylic acids is 1. The van der Waals surface area contributed by atoms with E-state index in [0.29, 0.717) is 5.69 Å². The van der Waals surface area contributed by atoms with Crippen LogP contribution in [0.3, 0.4) is 0 Å². The average molecular weight is 287 g/mol. The molecular formula is C11H15BrN2O2. The Morgan fingerprint density at radius 3 is 2.81 bits per heavy atom. The van der Waals surface area contributed by atoms with E-state index < -0.39 is 6.10 Å². The van der Waals surface area contributed by atoms with Gasteiger partial charge in [0.25, 0.3) is 5.91 Å². The van der Waals surface area contributed by atoms with Gasteiger partial charge in [-0.15, -0.1) is 0 Å². The van der Waals surface area contributed by atoms with Crippen LogP contribution >= 0.6 is 15.9 Å². The summed E-state index contributed by atoms with van der Waals surface area (Å²) in [6, 6.07) is 5.69. The summed E-state index contributed by atoms with van der Waals surface area (Å²) in [5.41, 5.74) is 7.23. The van der Waals surface area contributed by atoms with Crippen molar-refractivity contribution in [2.75, 3.05) is 19.0 Å². The molecule has 1 aromatic carbocycles. The molecule has 0 heterocycles. The summed E-state index contributed by atoms with van der Waals surface area (Å²) in [4.78, 5) is 11.7. The number of aryl methyl sites for hydroxylation is 1. The molecule has 88 valence electrons. The van der Waals surface area contributed by atoms with Crippen molar-refractivity contribution < 1.29 is 9.53 Å². The van der Waals surface area contributed by atoms with Gasteiger partial charge in [-0.3, -0.25) is 4.79 Å². The fourth-order valence-corrected chi connectivity index (χ4v) is 1.84. The van der Waals surface area contributed by atoms with Gasteiger partial charge in [0.2, 0.25) is 0 Å². The Labute approximate surface area is 103 Å². The molecule has 0 aromatic heterocycles. The van der Waals surface area contributed by atoms with E-state index in [9.17, 15) is 4.79 Å². The Kier molecular flexibility index (Phi) is 4.92. The zero-order valence-electron chi connectivity index (χ0n) is 9.29. The average Bonchev–Trinajstić information content (AvgIpc) is 2.24. The number of nitrogens with one attached hydrogen (secondary N) is 1. The van der Waals surface area contributed by atoms with Gasteiger partial charge in [-0.25, -0.2) is 0 Å². The van der Waals surface area contributed by atoms with Gasteiger partial charge in [0, 0.05) is 18.1 Å². The number of ether oxygens (including phenoxy) is 1. The van der Waals surface area contributed by atoms with Gasteiger partial charge >= 0.3 is 0 Å². The summed E-state index contributed by atoms with van der Waals surface area (Å²) < 4.78 is 5.79. The molecule has 0 saturated heterocycles. The van der Waals surface area contributed by atoms with Crippen LogP contribution in [0.1, 0.15) is 5.56 Å². The van der Waals surface area contributed by atoms with E-state index in [1.807, 2.05) is 25.1 Å². The minimum atomic E-state index is -0.617. The van der Waals surface area contributed by atoms with Crippen LogP contribution < -0.4 is 11.1 Å². The molecule has 0 saturated carbocycles. The molecule has 1 atom stereocenters. The highest BCUT2D eigenvalue weighted by Crippen LogP contribution is 2.23. The second-order valence-corrected chi connectivity index (χ2v) is 4.29. The van der Waals surface area contributed by atoms with Gasteiger partial charge in [-0.1, -0.05) is 6.07 Å². The molecule has 0 spiro atoms. The molecule has 0 bridgehead atoms. The van der Waals surface area contributed by atoms with Crippen molar-refractivity contribution in [3.8, 4) is 0 Å². The van der Waals surface area contributed by atoms with Gasteiger partial charge in [0.15, 0.2) is 0 Å². The van der Waals surface area contributed by atoms with E-state index in [4.69, 9.17) is 10.5 Å². The molecule has 1 unspecified atom stereocenters. The summed E-state index contributed by atoms with van der Waals surface area (Å²) in [6.45, 7) is 2.14. The standard InChI is InChI=1S/C11H15BrN2O2/c1-7-3-4-9(8(12)5-7)14-11(15)10(6-13)16-2/h3-5,10H,6,13H2,1-2H3,(H,14,15).